The summed E-state index contributed by atoms with van der Waals surface area (Å²) in [5.74, 6) is 0.584. The fraction of sp³-hybridized carbons (Fsp3) is 0.0588. The van der Waals surface area contributed by atoms with E-state index in [0.717, 1.165) is 18.7 Å². The molecule has 0 aliphatic heterocycles. The maximum Gasteiger partial charge on any atom is 0.229 e. The van der Waals surface area contributed by atoms with E-state index in [2.05, 4.69) is 9.88 Å². The van der Waals surface area contributed by atoms with Gasteiger partial charge in [0.15, 0.2) is 5.75 Å². The second kappa shape index (κ2) is 6.89. The average Bonchev–Trinajstić information content (AvgIpc) is 2.58. The first-order valence-electron chi connectivity index (χ1n) is 7.35. The molecule has 2 N–H and O–H groups in total. The molecule has 8 nitrogen and oxygen atoms in total. The summed E-state index contributed by atoms with van der Waals surface area (Å²) in [6.45, 7) is 0. The number of anilines is 1. The third-order valence-corrected chi connectivity index (χ3v) is 3.96. The molecule has 3 aromatic rings. The topological polar surface area (TPSA) is 118 Å². The second-order valence-corrected chi connectivity index (χ2v) is 7.15. The maximum atomic E-state index is 12.5. The lowest BCUT2D eigenvalue weighted by atomic mass is 10.1. The van der Waals surface area contributed by atoms with Gasteiger partial charge >= 0.3 is 0 Å². The van der Waals surface area contributed by atoms with E-state index in [1.807, 2.05) is 0 Å². The van der Waals surface area contributed by atoms with Crippen molar-refractivity contribution in [3.8, 4) is 11.5 Å². The van der Waals surface area contributed by atoms with Gasteiger partial charge in [0.05, 0.1) is 29.1 Å². The summed E-state index contributed by atoms with van der Waals surface area (Å²) >= 11 is 0. The lowest BCUT2D eigenvalue weighted by Gasteiger charge is -2.13. The van der Waals surface area contributed by atoms with Gasteiger partial charge in [0.25, 0.3) is 0 Å². The van der Waals surface area contributed by atoms with Crippen LogP contribution < -0.4 is 14.9 Å². The van der Waals surface area contributed by atoms with E-state index < -0.39 is 15.5 Å². The molecule has 0 atom stereocenters. The number of nitrogens with zero attached hydrogens (tertiary/aromatic N) is 1. The molecular formula is C17H14N2O6S. The smallest absolute Gasteiger partial charge is 0.229 e. The minimum absolute atomic E-state index is 0.0366. The van der Waals surface area contributed by atoms with Crippen molar-refractivity contribution in [1.82, 2.24) is 0 Å². The van der Waals surface area contributed by atoms with Crippen LogP contribution in [-0.4, -0.2) is 26.1 Å². The van der Waals surface area contributed by atoms with E-state index in [-0.39, 0.29) is 28.0 Å². The summed E-state index contributed by atoms with van der Waals surface area (Å²) in [7, 11) is -3.59. The Kier molecular flexibility index (Phi) is 4.63. The summed E-state index contributed by atoms with van der Waals surface area (Å²) in [4.78, 5) is 12.5. The van der Waals surface area contributed by atoms with E-state index in [1.165, 1.54) is 12.1 Å². The number of hydrogen-bond acceptors (Lipinski definition) is 7. The Morgan fingerprint density at radius 3 is 2.62 bits per heavy atom. The molecule has 0 aliphatic rings. The van der Waals surface area contributed by atoms with Crippen LogP contribution in [0, 0.1) is 0 Å². The molecule has 1 aromatic heterocycles. The number of oxime groups is 1. The van der Waals surface area contributed by atoms with Gasteiger partial charge in [-0.3, -0.25) is 9.52 Å². The fourth-order valence-corrected chi connectivity index (χ4v) is 2.86. The molecule has 134 valence electrons. The summed E-state index contributed by atoms with van der Waals surface area (Å²) in [5, 5.41) is 11.6. The number of ether oxygens (including phenoxy) is 1. The number of para-hydroxylation sites is 1. The van der Waals surface area contributed by atoms with Crippen LogP contribution in [0.15, 0.2) is 63.1 Å². The molecule has 0 fully saturated rings. The third-order valence-electron chi connectivity index (χ3n) is 3.36. The van der Waals surface area contributed by atoms with Crippen molar-refractivity contribution in [1.29, 1.82) is 0 Å². The standard InChI is InChI=1S/C17H14N2O6S/c1-26(22,23)19-14-8-15-13(17(20)11(9-18-21)10-24-15)7-16(14)25-12-5-3-2-4-6-12/h2-10,19,21H,1H3/b18-9-. The van der Waals surface area contributed by atoms with Crippen molar-refractivity contribution in [2.24, 2.45) is 5.16 Å². The highest BCUT2D eigenvalue weighted by Gasteiger charge is 2.15. The van der Waals surface area contributed by atoms with Crippen LogP contribution in [0.3, 0.4) is 0 Å². The number of rotatable bonds is 5. The number of sulfonamides is 1. The predicted molar refractivity (Wildman–Crippen MR) is 96.8 cm³/mol. The molecule has 26 heavy (non-hydrogen) atoms. The van der Waals surface area contributed by atoms with Gasteiger partial charge < -0.3 is 14.4 Å². The normalized spacial score (nSPS) is 11.7. The van der Waals surface area contributed by atoms with Crippen molar-refractivity contribution in [3.05, 3.63) is 64.5 Å². The van der Waals surface area contributed by atoms with E-state index in [9.17, 15) is 13.2 Å². The third kappa shape index (κ3) is 3.83. The zero-order valence-electron chi connectivity index (χ0n) is 13.5. The summed E-state index contributed by atoms with van der Waals surface area (Å²) < 4.78 is 36.7. The minimum Gasteiger partial charge on any atom is -0.463 e. The summed E-state index contributed by atoms with van der Waals surface area (Å²) in [6.07, 6.45) is 3.07. The van der Waals surface area contributed by atoms with Gasteiger partial charge in [0.1, 0.15) is 17.6 Å². The second-order valence-electron chi connectivity index (χ2n) is 5.40. The molecule has 0 spiro atoms. The Morgan fingerprint density at radius 2 is 1.96 bits per heavy atom. The Morgan fingerprint density at radius 1 is 1.23 bits per heavy atom. The molecule has 3 rings (SSSR count). The lowest BCUT2D eigenvalue weighted by Crippen LogP contribution is -2.12. The monoisotopic (exact) mass is 374 g/mol. The van der Waals surface area contributed by atoms with Crippen LogP contribution in [0.5, 0.6) is 11.5 Å². The Hall–Kier alpha value is -3.33. The Balaban J connectivity index is 2.21. The van der Waals surface area contributed by atoms with E-state index in [4.69, 9.17) is 14.4 Å². The Bertz CT molecular complexity index is 1140. The average molecular weight is 374 g/mol. The molecule has 0 saturated carbocycles. The van der Waals surface area contributed by atoms with Gasteiger partial charge in [0.2, 0.25) is 15.5 Å². The molecule has 0 radical (unpaired) electrons. The van der Waals surface area contributed by atoms with Crippen molar-refractivity contribution in [3.63, 3.8) is 0 Å². The summed E-state index contributed by atoms with van der Waals surface area (Å²) in [6, 6.07) is 11.4. The van der Waals surface area contributed by atoms with Crippen molar-refractivity contribution in [2.45, 2.75) is 0 Å². The molecule has 0 amide bonds. The van der Waals surface area contributed by atoms with Gasteiger partial charge in [-0.25, -0.2) is 8.42 Å². The van der Waals surface area contributed by atoms with Crippen molar-refractivity contribution < 1.29 is 22.8 Å². The highest BCUT2D eigenvalue weighted by atomic mass is 32.2. The highest BCUT2D eigenvalue weighted by molar-refractivity contribution is 7.92. The summed E-state index contributed by atoms with van der Waals surface area (Å²) in [5.41, 5.74) is -0.144. The SMILES string of the molecule is CS(=O)(=O)Nc1cc2occ(/C=N\O)c(=O)c2cc1Oc1ccccc1. The van der Waals surface area contributed by atoms with Gasteiger partial charge in [-0.15, -0.1) is 0 Å². The van der Waals surface area contributed by atoms with Crippen LogP contribution in [0.25, 0.3) is 11.0 Å². The fourth-order valence-electron chi connectivity index (χ4n) is 2.30. The molecule has 0 bridgehead atoms. The quantitative estimate of drug-likeness (QED) is 0.403. The van der Waals surface area contributed by atoms with Gasteiger partial charge in [0, 0.05) is 6.07 Å². The van der Waals surface area contributed by atoms with E-state index >= 15 is 0 Å². The van der Waals surface area contributed by atoms with Crippen LogP contribution in [-0.2, 0) is 10.0 Å². The van der Waals surface area contributed by atoms with Crippen LogP contribution in [0.1, 0.15) is 5.56 Å². The molecule has 0 saturated heterocycles. The first-order valence-corrected chi connectivity index (χ1v) is 9.24. The maximum absolute atomic E-state index is 12.5. The number of fused-ring (bicyclic) bond motifs is 1. The van der Waals surface area contributed by atoms with Crippen LogP contribution in [0.2, 0.25) is 0 Å². The van der Waals surface area contributed by atoms with Crippen molar-refractivity contribution in [2.75, 3.05) is 11.0 Å². The van der Waals surface area contributed by atoms with E-state index in [1.54, 1.807) is 30.3 Å². The van der Waals surface area contributed by atoms with Crippen LogP contribution >= 0.6 is 0 Å². The first kappa shape index (κ1) is 17.5. The molecule has 2 aromatic carbocycles. The predicted octanol–water partition coefficient (Wildman–Crippen LogP) is 2.76. The number of benzene rings is 2. The molecule has 1 heterocycles. The zero-order valence-corrected chi connectivity index (χ0v) is 14.4. The minimum atomic E-state index is -3.59. The molecule has 0 aliphatic carbocycles. The first-order chi connectivity index (χ1) is 12.4. The van der Waals surface area contributed by atoms with Gasteiger partial charge in [-0.1, -0.05) is 23.4 Å². The molecular weight excluding hydrogens is 360 g/mol. The van der Waals surface area contributed by atoms with Crippen LogP contribution in [0.4, 0.5) is 5.69 Å². The van der Waals surface area contributed by atoms with E-state index in [0.29, 0.717) is 5.75 Å². The van der Waals surface area contributed by atoms with Crippen molar-refractivity contribution >= 4 is 32.9 Å². The van der Waals surface area contributed by atoms with Gasteiger partial charge in [-0.2, -0.15) is 0 Å². The van der Waals surface area contributed by atoms with Gasteiger partial charge in [-0.05, 0) is 18.2 Å². The number of hydrogen-bond donors (Lipinski definition) is 2. The molecule has 0 unspecified atom stereocenters. The zero-order chi connectivity index (χ0) is 18.7. The molecule has 9 heteroatoms. The number of nitrogens with one attached hydrogen (secondary N) is 1. The largest absolute Gasteiger partial charge is 0.463 e. The lowest BCUT2D eigenvalue weighted by molar-refractivity contribution is 0.321. The highest BCUT2D eigenvalue weighted by Crippen LogP contribution is 2.33. The Labute approximate surface area is 148 Å².